The predicted molar refractivity (Wildman–Crippen MR) is 252 cm³/mol. The zero-order valence-corrected chi connectivity index (χ0v) is 39.2. The van der Waals surface area contributed by atoms with Gasteiger partial charge in [-0.15, -0.1) is 0 Å². The Hall–Kier alpha value is -4.70. The fourth-order valence-corrected chi connectivity index (χ4v) is 11.9. The van der Waals surface area contributed by atoms with Gasteiger partial charge in [0, 0.05) is 10.8 Å². The summed E-state index contributed by atoms with van der Waals surface area (Å²) in [5.41, 5.74) is 5.68. The van der Waals surface area contributed by atoms with Gasteiger partial charge in [0.2, 0.25) is 0 Å². The largest absolute Gasteiger partial charge is 0.497 e. The molecule has 4 heteroatoms. The second-order valence-electron chi connectivity index (χ2n) is 22.0. The van der Waals surface area contributed by atoms with Crippen molar-refractivity contribution < 1.29 is 18.9 Å². The molecule has 0 heterocycles. The van der Waals surface area contributed by atoms with Crippen molar-refractivity contribution in [1.82, 2.24) is 0 Å². The first-order valence-electron chi connectivity index (χ1n) is 22.8. The van der Waals surface area contributed by atoms with Gasteiger partial charge in [0.05, 0.1) is 7.11 Å². The summed E-state index contributed by atoms with van der Waals surface area (Å²) in [4.78, 5) is 0. The van der Waals surface area contributed by atoms with E-state index >= 15 is 0 Å². The Morgan fingerprint density at radius 3 is 1.23 bits per heavy atom. The number of ether oxygens (including phenoxy) is 4. The lowest BCUT2D eigenvalue weighted by Gasteiger charge is -2.49. The maximum absolute atomic E-state index is 7.04. The van der Waals surface area contributed by atoms with Crippen LogP contribution < -0.4 is 18.9 Å². The van der Waals surface area contributed by atoms with Gasteiger partial charge in [-0.1, -0.05) is 120 Å². The second-order valence-corrected chi connectivity index (χ2v) is 22.0. The van der Waals surface area contributed by atoms with Crippen molar-refractivity contribution in [3.63, 3.8) is 0 Å². The van der Waals surface area contributed by atoms with E-state index in [2.05, 4.69) is 204 Å². The Labute approximate surface area is 368 Å². The topological polar surface area (TPSA) is 36.9 Å². The zero-order chi connectivity index (χ0) is 43.8. The van der Waals surface area contributed by atoms with Crippen LogP contribution in [-0.4, -0.2) is 18.3 Å². The van der Waals surface area contributed by atoms with Gasteiger partial charge < -0.3 is 18.9 Å². The van der Waals surface area contributed by atoms with Crippen molar-refractivity contribution in [2.75, 3.05) is 7.11 Å². The zero-order valence-electron chi connectivity index (χ0n) is 39.2. The number of rotatable bonds is 12. The molecule has 0 aliphatic heterocycles. The van der Waals surface area contributed by atoms with E-state index in [9.17, 15) is 0 Å². The highest BCUT2D eigenvalue weighted by atomic mass is 16.6. The molecule has 4 nitrogen and oxygen atoms in total. The standard InChI is InChI=1S/C57H72O4/c1-40-34-53(6,7)38-56(36-40,43-18-26-47(58-12)27-19-43)46-24-32-50(33-25-46)61-55(10,11)51(42-16-14-13-15-17-42)59-48-28-20-44(21-29-48)57(37-41(2)35-54(8,9)39-57)45-22-30-49(31-23-45)60-52(3,4)5/h13-33,40-41,51H,34-39H2,1-12H3/t40?,41?,51-,56?,57?/m0/s1. The second kappa shape index (κ2) is 16.9. The molecule has 2 saturated carbocycles. The first-order valence-corrected chi connectivity index (χ1v) is 22.8. The highest BCUT2D eigenvalue weighted by molar-refractivity contribution is 5.46. The normalized spacial score (nSPS) is 24.3. The van der Waals surface area contributed by atoms with Crippen LogP contribution in [0.1, 0.15) is 149 Å². The Morgan fingerprint density at radius 2 is 0.852 bits per heavy atom. The number of hydrogen-bond donors (Lipinski definition) is 0. The predicted octanol–water partition coefficient (Wildman–Crippen LogP) is 15.1. The highest BCUT2D eigenvalue weighted by Gasteiger charge is 2.47. The summed E-state index contributed by atoms with van der Waals surface area (Å²) in [5, 5.41) is 0. The Balaban J connectivity index is 1.17. The van der Waals surface area contributed by atoms with Gasteiger partial charge in [-0.2, -0.15) is 0 Å². The van der Waals surface area contributed by atoms with Crippen molar-refractivity contribution in [2.24, 2.45) is 22.7 Å². The van der Waals surface area contributed by atoms with Gasteiger partial charge >= 0.3 is 0 Å². The number of benzene rings is 5. The van der Waals surface area contributed by atoms with E-state index in [1.54, 1.807) is 7.11 Å². The van der Waals surface area contributed by atoms with Crippen LogP contribution in [-0.2, 0) is 10.8 Å². The lowest BCUT2D eigenvalue weighted by molar-refractivity contribution is -0.0151. The molecular formula is C57H72O4. The Bertz CT molecular complexity index is 2190. The van der Waals surface area contributed by atoms with E-state index in [1.807, 2.05) is 0 Å². The molecule has 5 atom stereocenters. The smallest absolute Gasteiger partial charge is 0.163 e. The van der Waals surface area contributed by atoms with E-state index in [4.69, 9.17) is 18.9 Å². The van der Waals surface area contributed by atoms with Crippen molar-refractivity contribution in [3.8, 4) is 23.0 Å². The molecule has 0 bridgehead atoms. The van der Waals surface area contributed by atoms with Crippen molar-refractivity contribution in [2.45, 2.75) is 143 Å². The SMILES string of the molecule is COc1ccc(C2(c3ccc(OC(C)(C)[C@@H](Oc4ccc(C5(c6ccc(OC(C)(C)C)cc6)CC(C)CC(C)(C)C5)cc4)c4ccccc4)cc3)CC(C)CC(C)(C)C2)cc1. The van der Waals surface area contributed by atoms with E-state index in [0.717, 1.165) is 54.2 Å². The molecule has 2 aliphatic rings. The summed E-state index contributed by atoms with van der Waals surface area (Å²) in [6.45, 7) is 25.1. The molecule has 5 aromatic rings. The summed E-state index contributed by atoms with van der Waals surface area (Å²) in [7, 11) is 1.74. The van der Waals surface area contributed by atoms with Crippen molar-refractivity contribution in [3.05, 3.63) is 155 Å². The molecule has 0 saturated heterocycles. The van der Waals surface area contributed by atoms with E-state index in [0.29, 0.717) is 11.8 Å². The van der Waals surface area contributed by atoms with E-state index in [-0.39, 0.29) is 33.4 Å². The number of hydrogen-bond acceptors (Lipinski definition) is 4. The van der Waals surface area contributed by atoms with Gasteiger partial charge in [0.25, 0.3) is 0 Å². The minimum atomic E-state index is -0.711. The van der Waals surface area contributed by atoms with Gasteiger partial charge in [-0.25, -0.2) is 0 Å². The Morgan fingerprint density at radius 1 is 0.475 bits per heavy atom. The number of methoxy groups -OCH3 is 1. The van der Waals surface area contributed by atoms with Crippen molar-refractivity contribution >= 4 is 0 Å². The van der Waals surface area contributed by atoms with Crippen LogP contribution in [0.3, 0.4) is 0 Å². The fraction of sp³-hybridized carbons (Fsp3) is 0.474. The maximum Gasteiger partial charge on any atom is 0.163 e. The van der Waals surface area contributed by atoms with Gasteiger partial charge in [-0.3, -0.25) is 0 Å². The van der Waals surface area contributed by atoms with Crippen LogP contribution in [0.25, 0.3) is 0 Å². The molecule has 0 aromatic heterocycles. The lowest BCUT2D eigenvalue weighted by atomic mass is 9.55. The third-order valence-electron chi connectivity index (χ3n) is 13.4. The van der Waals surface area contributed by atoms with Gasteiger partial charge in [-0.05, 0) is 172 Å². The first kappa shape index (κ1) is 44.4. The molecule has 5 aromatic carbocycles. The van der Waals surface area contributed by atoms with Crippen LogP contribution in [0.5, 0.6) is 23.0 Å². The fourth-order valence-electron chi connectivity index (χ4n) is 11.9. The molecule has 324 valence electrons. The molecule has 2 aliphatic carbocycles. The quantitative estimate of drug-likeness (QED) is 0.126. The monoisotopic (exact) mass is 821 g/mol. The third kappa shape index (κ3) is 10.0. The lowest BCUT2D eigenvalue weighted by Crippen LogP contribution is -2.41. The third-order valence-corrected chi connectivity index (χ3v) is 13.4. The first-order chi connectivity index (χ1) is 28.7. The van der Waals surface area contributed by atoms with Crippen LogP contribution in [0.2, 0.25) is 0 Å². The molecule has 2 fully saturated rings. The van der Waals surface area contributed by atoms with Crippen LogP contribution >= 0.6 is 0 Å². The molecule has 0 amide bonds. The average molecular weight is 821 g/mol. The highest BCUT2D eigenvalue weighted by Crippen LogP contribution is 2.55. The summed E-state index contributed by atoms with van der Waals surface area (Å²) < 4.78 is 25.8. The minimum Gasteiger partial charge on any atom is -0.497 e. The molecule has 0 radical (unpaired) electrons. The van der Waals surface area contributed by atoms with E-state index < -0.39 is 5.60 Å². The van der Waals surface area contributed by atoms with E-state index in [1.165, 1.54) is 35.1 Å². The maximum atomic E-state index is 7.04. The van der Waals surface area contributed by atoms with Gasteiger partial charge in [0.1, 0.15) is 34.2 Å². The summed E-state index contributed by atoms with van der Waals surface area (Å²) >= 11 is 0. The summed E-state index contributed by atoms with van der Waals surface area (Å²) in [5.74, 6) is 4.64. The molecular weight excluding hydrogens is 749 g/mol. The average Bonchev–Trinajstić information content (AvgIpc) is 3.18. The summed E-state index contributed by atoms with van der Waals surface area (Å²) in [6.07, 6.45) is 6.44. The molecule has 7 rings (SSSR count). The van der Waals surface area contributed by atoms with Crippen LogP contribution in [0.4, 0.5) is 0 Å². The van der Waals surface area contributed by atoms with Crippen molar-refractivity contribution in [1.29, 1.82) is 0 Å². The van der Waals surface area contributed by atoms with Crippen LogP contribution in [0, 0.1) is 22.7 Å². The summed E-state index contributed by atoms with van der Waals surface area (Å²) in [6, 6.07) is 46.1. The molecule has 0 spiro atoms. The van der Waals surface area contributed by atoms with Crippen LogP contribution in [0.15, 0.2) is 127 Å². The molecule has 0 N–H and O–H groups in total. The minimum absolute atomic E-state index is 0.0997. The molecule has 61 heavy (non-hydrogen) atoms. The van der Waals surface area contributed by atoms with Gasteiger partial charge in [0.15, 0.2) is 6.10 Å². The molecule has 4 unspecified atom stereocenters. The Kier molecular flexibility index (Phi) is 12.3.